The molecule has 0 atom stereocenters. The van der Waals surface area contributed by atoms with Crippen molar-refractivity contribution in [1.82, 2.24) is 19.5 Å². The van der Waals surface area contributed by atoms with Gasteiger partial charge in [-0.3, -0.25) is 0 Å². The molecule has 0 unspecified atom stereocenters. The lowest BCUT2D eigenvalue weighted by Crippen LogP contribution is -2.02. The fourth-order valence-corrected chi connectivity index (χ4v) is 13.5. The van der Waals surface area contributed by atoms with Gasteiger partial charge < -0.3 is 4.57 Å². The Labute approximate surface area is 490 Å². The van der Waals surface area contributed by atoms with Crippen molar-refractivity contribution in [3.63, 3.8) is 0 Å². The Bertz CT molecular complexity index is 4980. The largest absolute Gasteiger partial charge is 0.309 e. The fraction of sp³-hybridized carbons (Fsp3) is 0. The van der Waals surface area contributed by atoms with Crippen molar-refractivity contribution in [3.8, 4) is 107 Å². The molecule has 0 aliphatic heterocycles. The van der Waals surface area contributed by atoms with Crippen molar-refractivity contribution in [3.05, 3.63) is 303 Å². The molecule has 0 spiro atoms. The number of nitrogens with zero attached hydrogens (tertiary/aromatic N) is 4. The van der Waals surface area contributed by atoms with Crippen LogP contribution in [0.5, 0.6) is 0 Å². The average molecular weight is 1090 g/mol. The molecular weight excluding hydrogens is 1040 g/mol. The average Bonchev–Trinajstić information content (AvgIpc) is 3.71. The Morgan fingerprint density at radius 1 is 0.238 bits per heavy atom. The number of hydrogen-bond acceptors (Lipinski definition) is 4. The Balaban J connectivity index is 0.890. The lowest BCUT2D eigenvalue weighted by atomic mass is 9.94. The topological polar surface area (TPSA) is 43.6 Å². The quantitative estimate of drug-likeness (QED) is 0.137. The van der Waals surface area contributed by atoms with Crippen molar-refractivity contribution < 1.29 is 0 Å². The van der Waals surface area contributed by atoms with Crippen LogP contribution in [0.1, 0.15) is 0 Å². The van der Waals surface area contributed by atoms with E-state index in [9.17, 15) is 0 Å². The molecule has 4 nitrogen and oxygen atoms in total. The third-order valence-corrected chi connectivity index (χ3v) is 17.6. The molecule has 0 N–H and O–H groups in total. The predicted octanol–water partition coefficient (Wildman–Crippen LogP) is 21.5. The van der Waals surface area contributed by atoms with Crippen LogP contribution in [0, 0.1) is 0 Å². The maximum atomic E-state index is 5.51. The van der Waals surface area contributed by atoms with Crippen molar-refractivity contribution in [1.29, 1.82) is 0 Å². The molecule has 5 heteroatoms. The minimum Gasteiger partial charge on any atom is -0.309 e. The van der Waals surface area contributed by atoms with Crippen molar-refractivity contribution >= 4 is 64.1 Å². The molecule has 0 aliphatic carbocycles. The zero-order valence-corrected chi connectivity index (χ0v) is 46.4. The van der Waals surface area contributed by atoms with E-state index in [1.807, 2.05) is 11.3 Å². The molecule has 392 valence electrons. The zero-order chi connectivity index (χ0) is 55.5. The highest BCUT2D eigenvalue weighted by Gasteiger charge is 2.23. The van der Waals surface area contributed by atoms with Crippen LogP contribution in [-0.4, -0.2) is 19.5 Å². The molecule has 84 heavy (non-hydrogen) atoms. The molecule has 3 heterocycles. The highest BCUT2D eigenvalue weighted by molar-refractivity contribution is 7.26. The van der Waals surface area contributed by atoms with Crippen LogP contribution in [0.25, 0.3) is 159 Å². The molecule has 0 bridgehead atoms. The van der Waals surface area contributed by atoms with Crippen molar-refractivity contribution in [2.24, 2.45) is 0 Å². The summed E-state index contributed by atoms with van der Waals surface area (Å²) < 4.78 is 4.93. The van der Waals surface area contributed by atoms with Crippen LogP contribution in [0.3, 0.4) is 0 Å². The van der Waals surface area contributed by atoms with Gasteiger partial charge in [-0.15, -0.1) is 11.3 Å². The van der Waals surface area contributed by atoms with Crippen LogP contribution < -0.4 is 0 Å². The molecule has 0 saturated heterocycles. The summed E-state index contributed by atoms with van der Waals surface area (Å²) in [6.45, 7) is 0. The smallest absolute Gasteiger partial charge is 0.164 e. The Morgan fingerprint density at radius 2 is 0.679 bits per heavy atom. The standard InChI is InChI=1S/C79H50N4S/c1-4-16-51(17-5-1)53-30-34-55(35-31-53)57-38-42-60(43-39-57)77-80-78(61-44-40-58(41-45-61)56-36-32-54(33-37-56)52-18-6-2-7-19-52)82-79(81-77)67-47-46-64(50-69(67)66-26-15-29-74-76(66)68-24-12-13-28-73(68)84-74)83-71-27-14-25-65(59-20-8-3-9-21-59)75(71)70-48-62-22-10-11-23-63(62)49-72(70)83/h1-50H. The van der Waals surface area contributed by atoms with Gasteiger partial charge in [-0.1, -0.05) is 255 Å². The maximum absolute atomic E-state index is 5.51. The van der Waals surface area contributed by atoms with Gasteiger partial charge in [0.25, 0.3) is 0 Å². The Kier molecular flexibility index (Phi) is 12.0. The van der Waals surface area contributed by atoms with Crippen LogP contribution >= 0.6 is 11.3 Å². The van der Waals surface area contributed by atoms with E-state index in [-0.39, 0.29) is 0 Å². The molecule has 0 saturated carbocycles. The minimum atomic E-state index is 0.592. The summed E-state index contributed by atoms with van der Waals surface area (Å²) in [4.78, 5) is 16.4. The minimum absolute atomic E-state index is 0.592. The van der Waals surface area contributed by atoms with Gasteiger partial charge in [-0.25, -0.2) is 15.0 Å². The molecular formula is C79H50N4S. The SMILES string of the molecule is c1ccc(-c2ccc(-c3ccc(-c4nc(-c5ccc(-c6ccc(-c7ccccc7)cc6)cc5)nc(-c5ccc(-n6c7cc8ccccc8cc7c7c(-c8ccccc8)cccc76)cc5-c5cccc6sc7ccccc7c56)n4)cc3)cc2)cc1. The van der Waals surface area contributed by atoms with E-state index >= 15 is 0 Å². The van der Waals surface area contributed by atoms with Crippen molar-refractivity contribution in [2.45, 2.75) is 0 Å². The first-order valence-corrected chi connectivity index (χ1v) is 29.3. The van der Waals surface area contributed by atoms with Gasteiger partial charge >= 0.3 is 0 Å². The van der Waals surface area contributed by atoms with E-state index in [0.29, 0.717) is 17.5 Å². The van der Waals surface area contributed by atoms with Gasteiger partial charge in [0.2, 0.25) is 0 Å². The monoisotopic (exact) mass is 1090 g/mol. The first kappa shape index (κ1) is 49.0. The van der Waals surface area contributed by atoms with Crippen molar-refractivity contribution in [2.75, 3.05) is 0 Å². The van der Waals surface area contributed by atoms with E-state index in [4.69, 9.17) is 15.0 Å². The summed E-state index contributed by atoms with van der Waals surface area (Å²) in [5.41, 5.74) is 19.8. The Hall–Kier alpha value is -10.9. The second-order valence-electron chi connectivity index (χ2n) is 21.5. The van der Waals surface area contributed by atoms with Gasteiger partial charge in [0.05, 0.1) is 11.0 Å². The van der Waals surface area contributed by atoms with Gasteiger partial charge in [0.1, 0.15) is 0 Å². The van der Waals surface area contributed by atoms with Gasteiger partial charge in [-0.05, 0) is 126 Å². The molecule has 0 aliphatic rings. The lowest BCUT2D eigenvalue weighted by Gasteiger charge is -2.17. The number of fused-ring (bicyclic) bond motifs is 7. The van der Waals surface area contributed by atoms with E-state index in [1.54, 1.807) is 0 Å². The summed E-state index contributed by atoms with van der Waals surface area (Å²) in [7, 11) is 0. The molecule has 16 rings (SSSR count). The third-order valence-electron chi connectivity index (χ3n) is 16.5. The van der Waals surface area contributed by atoms with Crippen LogP contribution in [0.15, 0.2) is 303 Å². The highest BCUT2D eigenvalue weighted by atomic mass is 32.1. The fourth-order valence-electron chi connectivity index (χ4n) is 12.3. The number of aromatic nitrogens is 4. The molecule has 16 aromatic rings. The lowest BCUT2D eigenvalue weighted by molar-refractivity contribution is 1.07. The number of hydrogen-bond donors (Lipinski definition) is 0. The third kappa shape index (κ3) is 8.74. The van der Waals surface area contributed by atoms with Crippen LogP contribution in [-0.2, 0) is 0 Å². The second kappa shape index (κ2) is 20.6. The summed E-state index contributed by atoms with van der Waals surface area (Å²) in [6, 6.07) is 109. The molecule has 13 aromatic carbocycles. The molecule has 0 radical (unpaired) electrons. The highest BCUT2D eigenvalue weighted by Crippen LogP contribution is 2.46. The van der Waals surface area contributed by atoms with Gasteiger partial charge in [-0.2, -0.15) is 0 Å². The predicted molar refractivity (Wildman–Crippen MR) is 353 cm³/mol. The normalized spacial score (nSPS) is 11.6. The van der Waals surface area contributed by atoms with Crippen LogP contribution in [0.4, 0.5) is 0 Å². The summed E-state index contributed by atoms with van der Waals surface area (Å²) in [6.07, 6.45) is 0. The summed E-state index contributed by atoms with van der Waals surface area (Å²) in [5.74, 6) is 1.78. The first-order chi connectivity index (χ1) is 41.6. The number of rotatable bonds is 10. The first-order valence-electron chi connectivity index (χ1n) is 28.5. The summed E-state index contributed by atoms with van der Waals surface area (Å²) >= 11 is 1.83. The van der Waals surface area contributed by atoms with Crippen LogP contribution in [0.2, 0.25) is 0 Å². The van der Waals surface area contributed by atoms with E-state index in [0.717, 1.165) is 66.8 Å². The Morgan fingerprint density at radius 3 is 1.25 bits per heavy atom. The number of thiophene rings is 1. The molecule has 0 amide bonds. The van der Waals surface area contributed by atoms with Gasteiger partial charge in [0, 0.05) is 53.3 Å². The number of benzene rings is 13. The van der Waals surface area contributed by atoms with E-state index in [1.165, 1.54) is 75.1 Å². The zero-order valence-electron chi connectivity index (χ0n) is 45.6. The maximum Gasteiger partial charge on any atom is 0.164 e. The van der Waals surface area contributed by atoms with Gasteiger partial charge in [0.15, 0.2) is 17.5 Å². The van der Waals surface area contributed by atoms with E-state index < -0.39 is 0 Å². The molecule has 0 fully saturated rings. The van der Waals surface area contributed by atoms with E-state index in [2.05, 4.69) is 308 Å². The second-order valence-corrected chi connectivity index (χ2v) is 22.6. The summed E-state index contributed by atoms with van der Waals surface area (Å²) in [5, 5.41) is 7.26. The molecule has 3 aromatic heterocycles.